The molecule has 0 saturated heterocycles. The van der Waals surface area contributed by atoms with Gasteiger partial charge in [-0.2, -0.15) is 15.1 Å². The second kappa shape index (κ2) is 4.64. The van der Waals surface area contributed by atoms with Gasteiger partial charge in [0.05, 0.1) is 13.7 Å². The number of nitrogens with zero attached hydrogens (tertiary/aromatic N) is 5. The van der Waals surface area contributed by atoms with Crippen molar-refractivity contribution in [3.8, 4) is 5.88 Å². The molecule has 0 saturated carbocycles. The van der Waals surface area contributed by atoms with E-state index < -0.39 is 0 Å². The van der Waals surface area contributed by atoms with Crippen LogP contribution in [0.25, 0.3) is 0 Å². The summed E-state index contributed by atoms with van der Waals surface area (Å²) in [5.41, 5.74) is 5.53. The van der Waals surface area contributed by atoms with Crippen molar-refractivity contribution < 1.29 is 4.74 Å². The summed E-state index contributed by atoms with van der Waals surface area (Å²) in [5.74, 6) is 1.81. The second-order valence-electron chi connectivity index (χ2n) is 3.34. The van der Waals surface area contributed by atoms with Gasteiger partial charge in [0.25, 0.3) is 0 Å². The lowest BCUT2D eigenvalue weighted by atomic mass is 10.5. The molecule has 3 N–H and O–H groups in total. The Hall–Kier alpha value is -2.38. The van der Waals surface area contributed by atoms with Crippen molar-refractivity contribution in [2.45, 2.75) is 6.54 Å². The third-order valence-electron chi connectivity index (χ3n) is 2.00. The predicted molar refractivity (Wildman–Crippen MR) is 61.3 cm³/mol. The molecule has 17 heavy (non-hydrogen) atoms. The largest absolute Gasteiger partial charge is 0.481 e. The first-order chi connectivity index (χ1) is 8.17. The van der Waals surface area contributed by atoms with Crippen molar-refractivity contribution in [2.24, 2.45) is 7.05 Å². The Morgan fingerprint density at radius 3 is 2.94 bits per heavy atom. The number of aromatic nitrogens is 5. The minimum absolute atomic E-state index is 0.154. The number of aryl methyl sites for hydroxylation is 1. The van der Waals surface area contributed by atoms with Gasteiger partial charge in [-0.1, -0.05) is 0 Å². The molecule has 0 fully saturated rings. The van der Waals surface area contributed by atoms with Crippen LogP contribution in [0.15, 0.2) is 12.4 Å². The normalized spacial score (nSPS) is 10.2. The summed E-state index contributed by atoms with van der Waals surface area (Å²) >= 11 is 0. The van der Waals surface area contributed by atoms with Gasteiger partial charge >= 0.3 is 0 Å². The van der Waals surface area contributed by atoms with E-state index in [-0.39, 0.29) is 5.95 Å². The highest BCUT2D eigenvalue weighted by Gasteiger charge is 2.03. The number of rotatable bonds is 4. The van der Waals surface area contributed by atoms with Crippen LogP contribution in [-0.4, -0.2) is 31.8 Å². The molecule has 0 aliphatic rings. The number of nitrogens with one attached hydrogen (secondary N) is 1. The Labute approximate surface area is 97.9 Å². The number of hydrogen-bond acceptors (Lipinski definition) is 7. The third-order valence-corrected chi connectivity index (χ3v) is 2.00. The van der Waals surface area contributed by atoms with E-state index in [4.69, 9.17) is 10.5 Å². The van der Waals surface area contributed by atoms with Crippen LogP contribution >= 0.6 is 0 Å². The molecule has 2 heterocycles. The number of nitrogen functional groups attached to an aromatic ring is 1. The maximum atomic E-state index is 5.53. The molecule has 0 spiro atoms. The van der Waals surface area contributed by atoms with Crippen LogP contribution in [-0.2, 0) is 13.6 Å². The summed E-state index contributed by atoms with van der Waals surface area (Å²) in [4.78, 5) is 12.0. The van der Waals surface area contributed by atoms with Crippen LogP contribution < -0.4 is 15.8 Å². The van der Waals surface area contributed by atoms with Gasteiger partial charge in [0.15, 0.2) is 5.82 Å². The minimum atomic E-state index is 0.154. The molecule has 90 valence electrons. The van der Waals surface area contributed by atoms with Gasteiger partial charge in [0, 0.05) is 13.1 Å². The second-order valence-corrected chi connectivity index (χ2v) is 3.34. The summed E-state index contributed by atoms with van der Waals surface area (Å²) < 4.78 is 6.62. The fraction of sp³-hybridized carbons (Fsp3) is 0.333. The van der Waals surface area contributed by atoms with Gasteiger partial charge in [-0.3, -0.25) is 4.68 Å². The van der Waals surface area contributed by atoms with Crippen molar-refractivity contribution in [1.82, 2.24) is 24.7 Å². The van der Waals surface area contributed by atoms with Crippen molar-refractivity contribution in [3.63, 3.8) is 0 Å². The summed E-state index contributed by atoms with van der Waals surface area (Å²) in [5, 5.41) is 7.17. The molecule has 0 aliphatic heterocycles. The first-order valence-electron chi connectivity index (χ1n) is 4.94. The molecule has 0 radical (unpaired) electrons. The molecule has 0 amide bonds. The van der Waals surface area contributed by atoms with Crippen LogP contribution in [0.3, 0.4) is 0 Å². The first kappa shape index (κ1) is 11.1. The van der Waals surface area contributed by atoms with Crippen LogP contribution in [0.2, 0.25) is 0 Å². The van der Waals surface area contributed by atoms with Crippen LogP contribution in [0, 0.1) is 0 Å². The van der Waals surface area contributed by atoms with Crippen LogP contribution in [0.1, 0.15) is 5.82 Å². The monoisotopic (exact) mass is 235 g/mol. The number of hydrogen-bond donors (Lipinski definition) is 2. The fourth-order valence-corrected chi connectivity index (χ4v) is 1.27. The maximum Gasteiger partial charge on any atom is 0.225 e. The topological polar surface area (TPSA) is 104 Å². The van der Waals surface area contributed by atoms with Crippen molar-refractivity contribution in [1.29, 1.82) is 0 Å². The Kier molecular flexibility index (Phi) is 3.03. The molecule has 8 heteroatoms. The van der Waals surface area contributed by atoms with E-state index in [0.717, 1.165) is 0 Å². The Balaban J connectivity index is 2.05. The van der Waals surface area contributed by atoms with E-state index >= 15 is 0 Å². The van der Waals surface area contributed by atoms with Crippen LogP contribution in [0.5, 0.6) is 5.88 Å². The number of anilines is 2. The van der Waals surface area contributed by atoms with Crippen LogP contribution in [0.4, 0.5) is 11.8 Å². The zero-order valence-electron chi connectivity index (χ0n) is 9.58. The molecule has 0 aliphatic carbocycles. The molecule has 0 bridgehead atoms. The molecule has 0 atom stereocenters. The molecule has 2 aromatic rings. The lowest BCUT2D eigenvalue weighted by Crippen LogP contribution is -2.06. The van der Waals surface area contributed by atoms with Crippen molar-refractivity contribution >= 4 is 11.8 Å². The van der Waals surface area contributed by atoms with Gasteiger partial charge in [-0.15, -0.1) is 0 Å². The third kappa shape index (κ3) is 2.80. The Morgan fingerprint density at radius 1 is 1.47 bits per heavy atom. The van der Waals surface area contributed by atoms with E-state index in [0.29, 0.717) is 24.1 Å². The number of methoxy groups -OCH3 is 1. The standard InChI is InChI=1S/C9H13N7O/c1-16-5-12-7(15-16)4-11-6-3-8(17-2)14-9(10)13-6/h3,5H,4H2,1-2H3,(H3,10,11,13,14). The van der Waals surface area contributed by atoms with E-state index in [1.54, 1.807) is 17.1 Å². The molecular weight excluding hydrogens is 222 g/mol. The van der Waals surface area contributed by atoms with Gasteiger partial charge < -0.3 is 15.8 Å². The highest BCUT2D eigenvalue weighted by Crippen LogP contribution is 2.14. The average molecular weight is 235 g/mol. The first-order valence-corrected chi connectivity index (χ1v) is 4.94. The SMILES string of the molecule is COc1cc(NCc2ncn(C)n2)nc(N)n1. The fourth-order valence-electron chi connectivity index (χ4n) is 1.27. The molecular formula is C9H13N7O. The molecule has 0 aromatic carbocycles. The Morgan fingerprint density at radius 2 is 2.29 bits per heavy atom. The zero-order valence-corrected chi connectivity index (χ0v) is 9.58. The van der Waals surface area contributed by atoms with E-state index in [1.807, 2.05) is 7.05 Å². The van der Waals surface area contributed by atoms with Crippen molar-refractivity contribution in [2.75, 3.05) is 18.2 Å². The quantitative estimate of drug-likeness (QED) is 0.756. The average Bonchev–Trinajstić information content (AvgIpc) is 2.72. The van der Waals surface area contributed by atoms with Gasteiger partial charge in [-0.25, -0.2) is 4.98 Å². The lowest BCUT2D eigenvalue weighted by molar-refractivity contribution is 0.398. The summed E-state index contributed by atoms with van der Waals surface area (Å²) in [7, 11) is 3.33. The molecule has 0 unspecified atom stereocenters. The van der Waals surface area contributed by atoms with E-state index in [2.05, 4.69) is 25.4 Å². The van der Waals surface area contributed by atoms with Crippen molar-refractivity contribution in [3.05, 3.63) is 18.2 Å². The smallest absolute Gasteiger partial charge is 0.225 e. The summed E-state index contributed by atoms with van der Waals surface area (Å²) in [6, 6.07) is 1.65. The molecule has 8 nitrogen and oxygen atoms in total. The van der Waals surface area contributed by atoms with Gasteiger partial charge in [0.1, 0.15) is 12.1 Å². The lowest BCUT2D eigenvalue weighted by Gasteiger charge is -2.05. The highest BCUT2D eigenvalue weighted by atomic mass is 16.5. The highest BCUT2D eigenvalue weighted by molar-refractivity contribution is 5.42. The summed E-state index contributed by atoms with van der Waals surface area (Å²) in [6.45, 7) is 0.459. The maximum absolute atomic E-state index is 5.53. The summed E-state index contributed by atoms with van der Waals surface area (Å²) in [6.07, 6.45) is 1.63. The van der Waals surface area contributed by atoms with Gasteiger partial charge in [0.2, 0.25) is 11.8 Å². The van der Waals surface area contributed by atoms with E-state index in [9.17, 15) is 0 Å². The molecule has 2 aromatic heterocycles. The van der Waals surface area contributed by atoms with E-state index in [1.165, 1.54) is 7.11 Å². The zero-order chi connectivity index (χ0) is 12.3. The van der Waals surface area contributed by atoms with Gasteiger partial charge in [-0.05, 0) is 0 Å². The number of nitrogens with two attached hydrogens (primary N) is 1. The number of ether oxygens (including phenoxy) is 1. The minimum Gasteiger partial charge on any atom is -0.481 e. The Bertz CT molecular complexity index is 510. The molecule has 2 rings (SSSR count). The predicted octanol–water partition coefficient (Wildman–Crippen LogP) is -0.192.